The van der Waals surface area contributed by atoms with Crippen LogP contribution in [0.3, 0.4) is 0 Å². The smallest absolute Gasteiger partial charge is 0.288 e. The molecule has 0 radical (unpaired) electrons. The minimum atomic E-state index is -2.39. The van der Waals surface area contributed by atoms with Crippen molar-refractivity contribution in [2.24, 2.45) is 0 Å². The lowest BCUT2D eigenvalue weighted by molar-refractivity contribution is 0.252. The summed E-state index contributed by atoms with van der Waals surface area (Å²) in [5, 5.41) is 0. The van der Waals surface area contributed by atoms with E-state index >= 15 is 0 Å². The average Bonchev–Trinajstić information content (AvgIpc) is 2.65. The summed E-state index contributed by atoms with van der Waals surface area (Å²) in [7, 11) is 0. The number of alkyl halides is 2. The SMILES string of the molecule is Nc1ncc(-c2ccc(SC(F)F)cc2)[nH]1. The Balaban J connectivity index is 2.19. The molecule has 1 aromatic carbocycles. The normalized spacial score (nSPS) is 10.9. The largest absolute Gasteiger partial charge is 0.369 e. The number of nitrogens with two attached hydrogens (primary N) is 1. The molecule has 0 fully saturated rings. The Bertz CT molecular complexity index is 467. The number of nitrogen functional groups attached to an aromatic ring is 1. The maximum atomic E-state index is 12.1. The molecule has 0 aliphatic heterocycles. The second-order valence-corrected chi connectivity index (χ2v) is 4.15. The van der Waals surface area contributed by atoms with Gasteiger partial charge in [0.05, 0.1) is 11.9 Å². The van der Waals surface area contributed by atoms with Gasteiger partial charge in [-0.15, -0.1) is 0 Å². The van der Waals surface area contributed by atoms with E-state index < -0.39 is 5.76 Å². The number of benzene rings is 1. The van der Waals surface area contributed by atoms with Gasteiger partial charge in [0.2, 0.25) is 0 Å². The highest BCUT2D eigenvalue weighted by atomic mass is 32.2. The van der Waals surface area contributed by atoms with Crippen LogP contribution in [0.2, 0.25) is 0 Å². The van der Waals surface area contributed by atoms with Gasteiger partial charge in [0, 0.05) is 4.90 Å². The number of imidazole rings is 1. The third-order valence-corrected chi connectivity index (χ3v) is 2.71. The van der Waals surface area contributed by atoms with Gasteiger partial charge in [-0.25, -0.2) is 4.98 Å². The van der Waals surface area contributed by atoms with E-state index in [1.165, 1.54) is 0 Å². The molecule has 0 aliphatic rings. The number of anilines is 1. The zero-order valence-corrected chi connectivity index (χ0v) is 8.97. The molecule has 0 saturated carbocycles. The summed E-state index contributed by atoms with van der Waals surface area (Å²) in [6, 6.07) is 6.78. The van der Waals surface area contributed by atoms with Crippen molar-refractivity contribution in [2.75, 3.05) is 5.73 Å². The van der Waals surface area contributed by atoms with Crippen molar-refractivity contribution in [1.82, 2.24) is 9.97 Å². The number of hydrogen-bond donors (Lipinski definition) is 2. The standard InChI is InChI=1S/C10H9F2N3S/c11-9(12)16-7-3-1-6(2-4-7)8-5-14-10(13)15-8/h1-5,9H,(H3,13,14,15). The highest BCUT2D eigenvalue weighted by Crippen LogP contribution is 2.27. The zero-order valence-electron chi connectivity index (χ0n) is 8.15. The first-order chi connectivity index (χ1) is 7.65. The lowest BCUT2D eigenvalue weighted by Crippen LogP contribution is -1.86. The van der Waals surface area contributed by atoms with E-state index in [0.29, 0.717) is 22.6 Å². The fraction of sp³-hybridized carbons (Fsp3) is 0.100. The minimum absolute atomic E-state index is 0.334. The van der Waals surface area contributed by atoms with Gasteiger partial charge in [-0.3, -0.25) is 0 Å². The predicted molar refractivity (Wildman–Crippen MR) is 60.3 cm³/mol. The second-order valence-electron chi connectivity index (χ2n) is 3.08. The molecule has 3 N–H and O–H groups in total. The van der Waals surface area contributed by atoms with Crippen LogP contribution in [0, 0.1) is 0 Å². The number of nitrogens with zero attached hydrogens (tertiary/aromatic N) is 1. The molecule has 0 unspecified atom stereocenters. The van der Waals surface area contributed by atoms with Crippen LogP contribution in [0.5, 0.6) is 0 Å². The van der Waals surface area contributed by atoms with Crippen molar-refractivity contribution < 1.29 is 8.78 Å². The van der Waals surface area contributed by atoms with Gasteiger partial charge < -0.3 is 10.7 Å². The van der Waals surface area contributed by atoms with Gasteiger partial charge in [-0.2, -0.15) is 8.78 Å². The summed E-state index contributed by atoms with van der Waals surface area (Å²) >= 11 is 0.524. The van der Waals surface area contributed by atoms with Crippen molar-refractivity contribution in [1.29, 1.82) is 0 Å². The fourth-order valence-corrected chi connectivity index (χ4v) is 1.80. The summed E-state index contributed by atoms with van der Waals surface area (Å²) in [6.07, 6.45) is 1.60. The van der Waals surface area contributed by atoms with Crippen molar-refractivity contribution in [3.8, 4) is 11.3 Å². The van der Waals surface area contributed by atoms with Crippen LogP contribution in [-0.4, -0.2) is 15.7 Å². The molecule has 84 valence electrons. The van der Waals surface area contributed by atoms with Gasteiger partial charge in [0.15, 0.2) is 5.95 Å². The van der Waals surface area contributed by atoms with Crippen LogP contribution in [0.1, 0.15) is 0 Å². The molecule has 0 spiro atoms. The van der Waals surface area contributed by atoms with Crippen LogP contribution in [0.15, 0.2) is 35.4 Å². The Morgan fingerprint density at radius 3 is 2.44 bits per heavy atom. The third-order valence-electron chi connectivity index (χ3n) is 1.99. The maximum Gasteiger partial charge on any atom is 0.288 e. The number of nitrogens with one attached hydrogen (secondary N) is 1. The van der Waals surface area contributed by atoms with Gasteiger partial charge >= 0.3 is 0 Å². The monoisotopic (exact) mass is 241 g/mol. The molecule has 3 nitrogen and oxygen atoms in total. The van der Waals surface area contributed by atoms with E-state index in [2.05, 4.69) is 9.97 Å². The molecule has 0 atom stereocenters. The van der Waals surface area contributed by atoms with Crippen LogP contribution >= 0.6 is 11.8 Å². The van der Waals surface area contributed by atoms with E-state index in [1.807, 2.05) is 0 Å². The quantitative estimate of drug-likeness (QED) is 0.812. The summed E-state index contributed by atoms with van der Waals surface area (Å²) in [4.78, 5) is 7.26. The topological polar surface area (TPSA) is 54.7 Å². The Morgan fingerprint density at radius 2 is 1.94 bits per heavy atom. The number of rotatable bonds is 3. The summed E-state index contributed by atoms with van der Waals surface area (Å²) < 4.78 is 24.2. The van der Waals surface area contributed by atoms with Crippen molar-refractivity contribution in [2.45, 2.75) is 10.7 Å². The first-order valence-corrected chi connectivity index (χ1v) is 5.39. The molecule has 0 aliphatic carbocycles. The van der Waals surface area contributed by atoms with Crippen LogP contribution in [0.25, 0.3) is 11.3 Å². The van der Waals surface area contributed by atoms with Crippen LogP contribution in [-0.2, 0) is 0 Å². The molecule has 2 rings (SSSR count). The molecular weight excluding hydrogens is 232 g/mol. The molecule has 1 heterocycles. The lowest BCUT2D eigenvalue weighted by Gasteiger charge is -2.01. The van der Waals surface area contributed by atoms with Crippen molar-refractivity contribution in [3.05, 3.63) is 30.5 Å². The Morgan fingerprint density at radius 1 is 1.25 bits per heavy atom. The first-order valence-electron chi connectivity index (χ1n) is 4.51. The van der Waals surface area contributed by atoms with Gasteiger partial charge in [0.25, 0.3) is 5.76 Å². The molecule has 6 heteroatoms. The number of aromatic nitrogens is 2. The molecule has 2 aromatic rings. The molecule has 0 bridgehead atoms. The first kappa shape index (κ1) is 10.9. The summed E-state index contributed by atoms with van der Waals surface area (Å²) in [5.41, 5.74) is 7.08. The van der Waals surface area contributed by atoms with E-state index in [-0.39, 0.29) is 0 Å². The van der Waals surface area contributed by atoms with Crippen molar-refractivity contribution in [3.63, 3.8) is 0 Å². The van der Waals surface area contributed by atoms with E-state index in [1.54, 1.807) is 30.5 Å². The Kier molecular flexibility index (Phi) is 3.09. The number of halogens is 2. The summed E-state index contributed by atoms with van der Waals surface area (Å²) in [5.74, 6) is -2.06. The van der Waals surface area contributed by atoms with E-state index in [0.717, 1.165) is 11.3 Å². The molecule has 0 amide bonds. The highest BCUT2D eigenvalue weighted by Gasteiger charge is 2.06. The van der Waals surface area contributed by atoms with Gasteiger partial charge in [0.1, 0.15) is 0 Å². The number of aromatic amines is 1. The average molecular weight is 241 g/mol. The number of thioether (sulfide) groups is 1. The van der Waals surface area contributed by atoms with Crippen LogP contribution < -0.4 is 5.73 Å². The second kappa shape index (κ2) is 4.52. The Hall–Kier alpha value is -1.56. The lowest BCUT2D eigenvalue weighted by atomic mass is 10.2. The third kappa shape index (κ3) is 2.52. The molecule has 16 heavy (non-hydrogen) atoms. The van der Waals surface area contributed by atoms with Crippen molar-refractivity contribution >= 4 is 17.7 Å². The van der Waals surface area contributed by atoms with Gasteiger partial charge in [-0.05, 0) is 17.7 Å². The summed E-state index contributed by atoms with van der Waals surface area (Å²) in [6.45, 7) is 0. The maximum absolute atomic E-state index is 12.1. The van der Waals surface area contributed by atoms with E-state index in [9.17, 15) is 8.78 Å². The number of H-pyrrole nitrogens is 1. The highest BCUT2D eigenvalue weighted by molar-refractivity contribution is 7.99. The molecule has 1 aromatic heterocycles. The fourth-order valence-electron chi connectivity index (χ4n) is 1.30. The number of hydrogen-bond acceptors (Lipinski definition) is 3. The van der Waals surface area contributed by atoms with E-state index in [4.69, 9.17) is 5.73 Å². The molecule has 0 saturated heterocycles. The van der Waals surface area contributed by atoms with Gasteiger partial charge in [-0.1, -0.05) is 23.9 Å². The van der Waals surface area contributed by atoms with Crippen LogP contribution in [0.4, 0.5) is 14.7 Å². The Labute approximate surface area is 95.1 Å². The molecular formula is C10H9F2N3S. The predicted octanol–water partition coefficient (Wildman–Crippen LogP) is 2.97. The minimum Gasteiger partial charge on any atom is -0.369 e. The zero-order chi connectivity index (χ0) is 11.5.